The topological polar surface area (TPSA) is 0 Å². The standard InChI is InChI=1S/C6H6Cl2S/c1-4(7)5-2-3-6(8)9-5/h2-4H,1H3. The summed E-state index contributed by atoms with van der Waals surface area (Å²) in [4.78, 5) is 1.13. The van der Waals surface area contributed by atoms with E-state index in [-0.39, 0.29) is 5.38 Å². The van der Waals surface area contributed by atoms with Crippen LogP contribution in [0.3, 0.4) is 0 Å². The van der Waals surface area contributed by atoms with Crippen molar-refractivity contribution in [2.45, 2.75) is 12.3 Å². The Morgan fingerprint density at radius 2 is 2.22 bits per heavy atom. The third-order valence-electron chi connectivity index (χ3n) is 0.986. The number of thiophene rings is 1. The lowest BCUT2D eigenvalue weighted by atomic mass is 10.4. The van der Waals surface area contributed by atoms with Gasteiger partial charge in [0.25, 0.3) is 0 Å². The van der Waals surface area contributed by atoms with Crippen molar-refractivity contribution in [3.8, 4) is 0 Å². The van der Waals surface area contributed by atoms with E-state index in [0.29, 0.717) is 0 Å². The fourth-order valence-corrected chi connectivity index (χ4v) is 1.74. The minimum Gasteiger partial charge on any atom is -0.127 e. The molecule has 0 aliphatic carbocycles. The Morgan fingerprint density at radius 1 is 1.56 bits per heavy atom. The molecule has 0 saturated carbocycles. The highest BCUT2D eigenvalue weighted by Gasteiger charge is 2.02. The first-order chi connectivity index (χ1) is 4.20. The Balaban J connectivity index is 2.85. The average Bonchev–Trinajstić information content (AvgIpc) is 2.14. The highest BCUT2D eigenvalue weighted by molar-refractivity contribution is 7.16. The lowest BCUT2D eigenvalue weighted by molar-refractivity contribution is 1.12. The first-order valence-electron chi connectivity index (χ1n) is 2.59. The molecule has 9 heavy (non-hydrogen) atoms. The second-order valence-corrected chi connectivity index (χ2v) is 4.16. The zero-order chi connectivity index (χ0) is 6.85. The number of hydrogen-bond acceptors (Lipinski definition) is 1. The molecule has 1 rings (SSSR count). The van der Waals surface area contributed by atoms with E-state index >= 15 is 0 Å². The Morgan fingerprint density at radius 3 is 2.44 bits per heavy atom. The Kier molecular flexibility index (Phi) is 2.39. The summed E-state index contributed by atoms with van der Waals surface area (Å²) in [5, 5.41) is 0.0856. The molecule has 1 aromatic rings. The molecule has 0 aromatic carbocycles. The van der Waals surface area contributed by atoms with Gasteiger partial charge in [0, 0.05) is 4.88 Å². The third kappa shape index (κ3) is 1.85. The smallest absolute Gasteiger partial charge is 0.0931 e. The molecule has 50 valence electrons. The molecule has 1 atom stereocenters. The van der Waals surface area contributed by atoms with Gasteiger partial charge in [-0.15, -0.1) is 22.9 Å². The van der Waals surface area contributed by atoms with E-state index in [1.807, 2.05) is 19.1 Å². The van der Waals surface area contributed by atoms with Gasteiger partial charge in [-0.25, -0.2) is 0 Å². The first kappa shape index (κ1) is 7.39. The van der Waals surface area contributed by atoms with Gasteiger partial charge >= 0.3 is 0 Å². The van der Waals surface area contributed by atoms with Gasteiger partial charge in [-0.2, -0.15) is 0 Å². The number of alkyl halides is 1. The number of halogens is 2. The Labute approximate surface area is 68.4 Å². The summed E-state index contributed by atoms with van der Waals surface area (Å²) >= 11 is 13.0. The van der Waals surface area contributed by atoms with E-state index in [4.69, 9.17) is 23.2 Å². The molecule has 3 heteroatoms. The van der Waals surface area contributed by atoms with Crippen molar-refractivity contribution in [1.29, 1.82) is 0 Å². The van der Waals surface area contributed by atoms with Crippen LogP contribution in [0.15, 0.2) is 12.1 Å². The molecular weight excluding hydrogens is 175 g/mol. The molecule has 0 nitrogen and oxygen atoms in total. The van der Waals surface area contributed by atoms with E-state index in [2.05, 4.69) is 0 Å². The van der Waals surface area contributed by atoms with Gasteiger partial charge in [0.15, 0.2) is 0 Å². The van der Waals surface area contributed by atoms with Crippen molar-refractivity contribution in [2.75, 3.05) is 0 Å². The van der Waals surface area contributed by atoms with Gasteiger partial charge in [-0.1, -0.05) is 11.6 Å². The van der Waals surface area contributed by atoms with Crippen LogP contribution in [-0.4, -0.2) is 0 Å². The van der Waals surface area contributed by atoms with Crippen molar-refractivity contribution in [2.24, 2.45) is 0 Å². The maximum absolute atomic E-state index is 5.77. The van der Waals surface area contributed by atoms with Crippen molar-refractivity contribution >= 4 is 34.5 Å². The largest absolute Gasteiger partial charge is 0.127 e. The van der Waals surface area contributed by atoms with Gasteiger partial charge in [0.2, 0.25) is 0 Å². The molecule has 0 aliphatic rings. The van der Waals surface area contributed by atoms with Crippen molar-refractivity contribution in [3.05, 3.63) is 21.3 Å². The van der Waals surface area contributed by atoms with Crippen LogP contribution in [0.5, 0.6) is 0 Å². The van der Waals surface area contributed by atoms with E-state index < -0.39 is 0 Å². The molecule has 0 bridgehead atoms. The van der Waals surface area contributed by atoms with Crippen LogP contribution in [-0.2, 0) is 0 Å². The zero-order valence-corrected chi connectivity index (χ0v) is 7.22. The summed E-state index contributed by atoms with van der Waals surface area (Å²) in [6.45, 7) is 1.93. The first-order valence-corrected chi connectivity index (χ1v) is 4.22. The van der Waals surface area contributed by atoms with Crippen LogP contribution in [0.25, 0.3) is 0 Å². The molecule has 1 heterocycles. The molecule has 0 spiro atoms. The Bertz CT molecular complexity index is 193. The molecule has 1 aromatic heterocycles. The molecule has 0 aliphatic heterocycles. The quantitative estimate of drug-likeness (QED) is 0.579. The predicted molar refractivity (Wildman–Crippen MR) is 43.6 cm³/mol. The maximum atomic E-state index is 5.77. The highest BCUT2D eigenvalue weighted by atomic mass is 35.5. The van der Waals surface area contributed by atoms with Crippen LogP contribution < -0.4 is 0 Å². The summed E-state index contributed by atoms with van der Waals surface area (Å²) in [5.74, 6) is 0. The molecule has 0 saturated heterocycles. The summed E-state index contributed by atoms with van der Waals surface area (Å²) < 4.78 is 0.803. The summed E-state index contributed by atoms with van der Waals surface area (Å²) in [5.41, 5.74) is 0. The van der Waals surface area contributed by atoms with Crippen LogP contribution in [0.2, 0.25) is 4.34 Å². The highest BCUT2D eigenvalue weighted by Crippen LogP contribution is 2.29. The van der Waals surface area contributed by atoms with Gasteiger partial charge in [0.05, 0.1) is 9.71 Å². The van der Waals surface area contributed by atoms with Crippen LogP contribution in [0.4, 0.5) is 0 Å². The fourth-order valence-electron chi connectivity index (χ4n) is 0.542. The molecule has 0 radical (unpaired) electrons. The second kappa shape index (κ2) is 2.91. The van der Waals surface area contributed by atoms with Crippen molar-refractivity contribution in [1.82, 2.24) is 0 Å². The fraction of sp³-hybridized carbons (Fsp3) is 0.333. The SMILES string of the molecule is CC(Cl)c1ccc(Cl)s1. The third-order valence-corrected chi connectivity index (χ3v) is 2.76. The van der Waals surface area contributed by atoms with E-state index in [0.717, 1.165) is 9.21 Å². The number of hydrogen-bond donors (Lipinski definition) is 0. The minimum absolute atomic E-state index is 0.0856. The lowest BCUT2D eigenvalue weighted by Gasteiger charge is -1.93. The molecule has 0 fully saturated rings. The van der Waals surface area contributed by atoms with Gasteiger partial charge in [-0.05, 0) is 19.1 Å². The number of rotatable bonds is 1. The summed E-state index contributed by atoms with van der Waals surface area (Å²) in [6, 6.07) is 3.81. The maximum Gasteiger partial charge on any atom is 0.0931 e. The molecule has 1 unspecified atom stereocenters. The summed E-state index contributed by atoms with van der Waals surface area (Å²) in [7, 11) is 0. The summed E-state index contributed by atoms with van der Waals surface area (Å²) in [6.07, 6.45) is 0. The van der Waals surface area contributed by atoms with Gasteiger partial charge < -0.3 is 0 Å². The van der Waals surface area contributed by atoms with Crippen molar-refractivity contribution < 1.29 is 0 Å². The van der Waals surface area contributed by atoms with Gasteiger partial charge in [0.1, 0.15) is 0 Å². The normalized spacial score (nSPS) is 13.7. The van der Waals surface area contributed by atoms with Crippen molar-refractivity contribution in [3.63, 3.8) is 0 Å². The second-order valence-electron chi connectivity index (χ2n) is 1.76. The minimum atomic E-state index is 0.0856. The lowest BCUT2D eigenvalue weighted by Crippen LogP contribution is -1.72. The molecular formula is C6H6Cl2S. The predicted octanol–water partition coefficient (Wildman–Crippen LogP) is 3.70. The zero-order valence-electron chi connectivity index (χ0n) is 4.90. The molecule has 0 amide bonds. The van der Waals surface area contributed by atoms with Gasteiger partial charge in [-0.3, -0.25) is 0 Å². The van der Waals surface area contributed by atoms with Crippen LogP contribution in [0.1, 0.15) is 17.2 Å². The molecule has 0 N–H and O–H groups in total. The average molecular weight is 181 g/mol. The van der Waals surface area contributed by atoms with Crippen LogP contribution >= 0.6 is 34.5 Å². The van der Waals surface area contributed by atoms with Crippen LogP contribution in [0, 0.1) is 0 Å². The van der Waals surface area contributed by atoms with E-state index in [1.54, 1.807) is 0 Å². The van der Waals surface area contributed by atoms with E-state index in [9.17, 15) is 0 Å². The Hall–Kier alpha value is 0.280. The monoisotopic (exact) mass is 180 g/mol. The van der Waals surface area contributed by atoms with E-state index in [1.165, 1.54) is 11.3 Å².